The molecule has 6 heteroatoms. The van der Waals surface area contributed by atoms with E-state index in [0.29, 0.717) is 32.1 Å². The number of ether oxygens (including phenoxy) is 2. The summed E-state index contributed by atoms with van der Waals surface area (Å²) >= 11 is 0. The fourth-order valence-electron chi connectivity index (χ4n) is 3.63. The highest BCUT2D eigenvalue weighted by atomic mass is 16.5. The lowest BCUT2D eigenvalue weighted by molar-refractivity contribution is -0.137. The molecule has 144 valence electrons. The summed E-state index contributed by atoms with van der Waals surface area (Å²) in [7, 11) is 0. The van der Waals surface area contributed by atoms with E-state index in [2.05, 4.69) is 4.90 Å². The summed E-state index contributed by atoms with van der Waals surface area (Å²) in [6.45, 7) is 7.18. The normalized spacial score (nSPS) is 24.5. The van der Waals surface area contributed by atoms with Gasteiger partial charge in [-0.15, -0.1) is 0 Å². The number of hydrogen-bond acceptors (Lipinski definition) is 5. The molecule has 0 spiro atoms. The second kappa shape index (κ2) is 8.84. The van der Waals surface area contributed by atoms with Crippen LogP contribution in [0.25, 0.3) is 0 Å². The number of likely N-dealkylation sites (tertiary alicyclic amines) is 1. The van der Waals surface area contributed by atoms with Crippen LogP contribution in [0.5, 0.6) is 5.75 Å². The monoisotopic (exact) mass is 362 g/mol. The summed E-state index contributed by atoms with van der Waals surface area (Å²) in [4.78, 5) is 16.2. The van der Waals surface area contributed by atoms with E-state index in [1.807, 2.05) is 31.2 Å². The van der Waals surface area contributed by atoms with Crippen LogP contribution in [0.4, 0.5) is 0 Å². The van der Waals surface area contributed by atoms with Crippen LogP contribution in [0.1, 0.15) is 31.7 Å². The predicted octanol–water partition coefficient (Wildman–Crippen LogP) is 1.66. The molecule has 0 radical (unpaired) electrons. The Morgan fingerprint density at radius 3 is 2.65 bits per heavy atom. The van der Waals surface area contributed by atoms with E-state index in [0.717, 1.165) is 38.9 Å². The van der Waals surface area contributed by atoms with Crippen LogP contribution in [0, 0.1) is 0 Å². The highest BCUT2D eigenvalue weighted by molar-refractivity contribution is 5.77. The summed E-state index contributed by atoms with van der Waals surface area (Å²) in [5.74, 6) is 0.712. The van der Waals surface area contributed by atoms with Gasteiger partial charge in [0.25, 0.3) is 5.91 Å². The van der Waals surface area contributed by atoms with Crippen LogP contribution < -0.4 is 4.74 Å². The fraction of sp³-hybridized carbons (Fsp3) is 0.650. The molecule has 6 nitrogen and oxygen atoms in total. The van der Waals surface area contributed by atoms with Crippen molar-refractivity contribution in [1.82, 2.24) is 9.80 Å². The summed E-state index contributed by atoms with van der Waals surface area (Å²) in [6, 6.07) is 7.90. The molecule has 1 aromatic carbocycles. The maximum absolute atomic E-state index is 12.1. The highest BCUT2D eigenvalue weighted by Crippen LogP contribution is 2.25. The lowest BCUT2D eigenvalue weighted by Gasteiger charge is -2.38. The number of carbonyl (C=O) groups excluding carboxylic acids is 1. The third-order valence-corrected chi connectivity index (χ3v) is 5.35. The zero-order chi connectivity index (χ0) is 18.4. The third-order valence-electron chi connectivity index (χ3n) is 5.35. The quantitative estimate of drug-likeness (QED) is 0.834. The topological polar surface area (TPSA) is 62.2 Å². The van der Waals surface area contributed by atoms with E-state index in [1.165, 1.54) is 5.56 Å². The van der Waals surface area contributed by atoms with Crippen molar-refractivity contribution in [3.05, 3.63) is 29.8 Å². The molecule has 1 amide bonds. The van der Waals surface area contributed by atoms with Gasteiger partial charge in [0.05, 0.1) is 18.8 Å². The second-order valence-electron chi connectivity index (χ2n) is 7.32. The Hall–Kier alpha value is -1.63. The number of rotatable bonds is 6. The van der Waals surface area contributed by atoms with E-state index >= 15 is 0 Å². The highest BCUT2D eigenvalue weighted by Gasteiger charge is 2.31. The van der Waals surface area contributed by atoms with Crippen molar-refractivity contribution >= 4 is 5.91 Å². The Labute approximate surface area is 155 Å². The van der Waals surface area contributed by atoms with Crippen molar-refractivity contribution in [1.29, 1.82) is 0 Å². The summed E-state index contributed by atoms with van der Waals surface area (Å²) < 4.78 is 10.9. The average Bonchev–Trinajstić information content (AvgIpc) is 2.68. The first-order valence-electron chi connectivity index (χ1n) is 9.60. The first-order chi connectivity index (χ1) is 12.6. The summed E-state index contributed by atoms with van der Waals surface area (Å²) in [6.07, 6.45) is 2.73. The molecule has 0 aromatic heterocycles. The minimum Gasteiger partial charge on any atom is -0.484 e. The summed E-state index contributed by atoms with van der Waals surface area (Å²) in [5, 5.41) is 10.5. The number of benzene rings is 1. The van der Waals surface area contributed by atoms with Gasteiger partial charge in [-0.3, -0.25) is 9.69 Å². The Morgan fingerprint density at radius 2 is 1.96 bits per heavy atom. The number of hydrogen-bond donors (Lipinski definition) is 1. The SMILES string of the molecule is CC[C@]1(O)CCCN(Cc2ccc(OCC(=O)N3CCOCC3)cc2)C1. The van der Waals surface area contributed by atoms with Gasteiger partial charge < -0.3 is 19.5 Å². The van der Waals surface area contributed by atoms with Crippen molar-refractivity contribution in [2.24, 2.45) is 0 Å². The number of aliphatic hydroxyl groups is 1. The Bertz CT molecular complexity index is 586. The van der Waals surface area contributed by atoms with Gasteiger partial charge in [-0.1, -0.05) is 19.1 Å². The number of amides is 1. The molecule has 2 fully saturated rings. The fourth-order valence-corrected chi connectivity index (χ4v) is 3.63. The summed E-state index contributed by atoms with van der Waals surface area (Å²) in [5.41, 5.74) is 0.651. The van der Waals surface area contributed by atoms with Crippen molar-refractivity contribution in [3.63, 3.8) is 0 Å². The van der Waals surface area contributed by atoms with Crippen LogP contribution in [0.2, 0.25) is 0 Å². The van der Waals surface area contributed by atoms with Gasteiger partial charge in [0.1, 0.15) is 5.75 Å². The number of piperidine rings is 1. The molecule has 3 rings (SSSR count). The minimum absolute atomic E-state index is 0.00421. The molecule has 2 aliphatic heterocycles. The van der Waals surface area contributed by atoms with Gasteiger partial charge in [0.2, 0.25) is 0 Å². The molecular formula is C20H30N2O4. The van der Waals surface area contributed by atoms with Gasteiger partial charge in [-0.2, -0.15) is 0 Å². The number of nitrogens with zero attached hydrogens (tertiary/aromatic N) is 2. The molecule has 0 aliphatic carbocycles. The number of carbonyl (C=O) groups is 1. The predicted molar refractivity (Wildman–Crippen MR) is 99.1 cm³/mol. The van der Waals surface area contributed by atoms with Crippen LogP contribution in [-0.4, -0.2) is 72.4 Å². The largest absolute Gasteiger partial charge is 0.484 e. The van der Waals surface area contributed by atoms with Gasteiger partial charge in [0, 0.05) is 26.2 Å². The van der Waals surface area contributed by atoms with Crippen molar-refractivity contribution in [2.75, 3.05) is 46.0 Å². The Kier molecular flexibility index (Phi) is 6.51. The lowest BCUT2D eigenvalue weighted by atomic mass is 9.90. The Balaban J connectivity index is 1.46. The van der Waals surface area contributed by atoms with Crippen molar-refractivity contribution in [3.8, 4) is 5.75 Å². The molecule has 1 aromatic rings. The molecular weight excluding hydrogens is 332 g/mol. The molecule has 2 saturated heterocycles. The van der Waals surface area contributed by atoms with Gasteiger partial charge in [-0.25, -0.2) is 0 Å². The molecule has 1 N–H and O–H groups in total. The van der Waals surface area contributed by atoms with Crippen LogP contribution >= 0.6 is 0 Å². The van der Waals surface area contributed by atoms with Crippen LogP contribution in [-0.2, 0) is 16.1 Å². The first-order valence-corrected chi connectivity index (χ1v) is 9.60. The van der Waals surface area contributed by atoms with E-state index in [1.54, 1.807) is 4.90 Å². The first kappa shape index (κ1) is 19.1. The average molecular weight is 362 g/mol. The second-order valence-corrected chi connectivity index (χ2v) is 7.32. The molecule has 26 heavy (non-hydrogen) atoms. The van der Waals surface area contributed by atoms with Crippen LogP contribution in [0.15, 0.2) is 24.3 Å². The van der Waals surface area contributed by atoms with Gasteiger partial charge in [-0.05, 0) is 43.5 Å². The lowest BCUT2D eigenvalue weighted by Crippen LogP contribution is -2.47. The number of β-amino-alcohol motifs (C(OH)–C–C–N with tert-alkyl or cyclic N) is 1. The van der Waals surface area contributed by atoms with Crippen LogP contribution in [0.3, 0.4) is 0 Å². The van der Waals surface area contributed by atoms with E-state index in [4.69, 9.17) is 9.47 Å². The van der Waals surface area contributed by atoms with E-state index in [-0.39, 0.29) is 12.5 Å². The molecule has 0 saturated carbocycles. The molecule has 2 aliphatic rings. The smallest absolute Gasteiger partial charge is 0.260 e. The molecule has 0 unspecified atom stereocenters. The van der Waals surface area contributed by atoms with E-state index in [9.17, 15) is 9.90 Å². The third kappa shape index (κ3) is 5.19. The molecule has 0 bridgehead atoms. The van der Waals surface area contributed by atoms with Gasteiger partial charge >= 0.3 is 0 Å². The van der Waals surface area contributed by atoms with Crippen molar-refractivity contribution in [2.45, 2.75) is 38.3 Å². The zero-order valence-corrected chi connectivity index (χ0v) is 15.7. The minimum atomic E-state index is -0.541. The number of morpholine rings is 1. The molecule has 2 heterocycles. The van der Waals surface area contributed by atoms with Crippen molar-refractivity contribution < 1.29 is 19.4 Å². The Morgan fingerprint density at radius 1 is 1.23 bits per heavy atom. The zero-order valence-electron chi connectivity index (χ0n) is 15.7. The maximum Gasteiger partial charge on any atom is 0.260 e. The van der Waals surface area contributed by atoms with E-state index < -0.39 is 5.60 Å². The standard InChI is InChI=1S/C20H30N2O4/c1-2-20(24)8-3-9-21(16-20)14-17-4-6-18(7-5-17)26-15-19(23)22-10-12-25-13-11-22/h4-7,24H,2-3,8-16H2,1H3/t20-/m0/s1. The molecule has 1 atom stereocenters. The van der Waals surface area contributed by atoms with Gasteiger partial charge in [0.15, 0.2) is 6.61 Å². The maximum atomic E-state index is 12.1.